The second-order valence-corrected chi connectivity index (χ2v) is 4.58. The molecule has 0 aliphatic rings. The van der Waals surface area contributed by atoms with Crippen molar-refractivity contribution in [3.8, 4) is 0 Å². The third kappa shape index (κ3) is 11.3. The molecule has 0 amide bonds. The summed E-state index contributed by atoms with van der Waals surface area (Å²) in [4.78, 5) is 22.4. The van der Waals surface area contributed by atoms with Crippen LogP contribution in [0.2, 0.25) is 0 Å². The Labute approximate surface area is 105 Å². The summed E-state index contributed by atoms with van der Waals surface area (Å²) in [7, 11) is 0. The predicted molar refractivity (Wildman–Crippen MR) is 72.1 cm³/mol. The SMILES string of the molecule is C=CC(=O)CCCCCC(=O)CCCCCC. The average molecular weight is 238 g/mol. The van der Waals surface area contributed by atoms with Gasteiger partial charge in [0.1, 0.15) is 5.78 Å². The molecule has 0 saturated heterocycles. The van der Waals surface area contributed by atoms with Crippen LogP contribution in [0.4, 0.5) is 0 Å². The lowest BCUT2D eigenvalue weighted by atomic mass is 10.0. The Kier molecular flexibility index (Phi) is 10.9. The summed E-state index contributed by atoms with van der Waals surface area (Å²) in [5.41, 5.74) is 0. The largest absolute Gasteiger partial charge is 0.300 e. The molecule has 0 atom stereocenters. The van der Waals surface area contributed by atoms with Gasteiger partial charge in [0.15, 0.2) is 5.78 Å². The summed E-state index contributed by atoms with van der Waals surface area (Å²) in [5.74, 6) is 0.493. The Hall–Kier alpha value is -0.920. The van der Waals surface area contributed by atoms with Gasteiger partial charge < -0.3 is 0 Å². The minimum atomic E-state index is 0.107. The molecule has 0 aliphatic heterocycles. The molecule has 0 N–H and O–H groups in total. The standard InChI is InChI=1S/C15H26O2/c1-3-5-6-8-12-15(17)13-10-7-9-11-14(16)4-2/h4H,2-3,5-13H2,1H3. The quantitative estimate of drug-likeness (QED) is 0.376. The maximum atomic E-state index is 11.5. The Balaban J connectivity index is 3.27. The first kappa shape index (κ1) is 16.1. The predicted octanol–water partition coefficient (Wildman–Crippen LogP) is 4.23. The normalized spacial score (nSPS) is 10.2. The van der Waals surface area contributed by atoms with Crippen LogP contribution in [-0.4, -0.2) is 11.6 Å². The van der Waals surface area contributed by atoms with Crippen LogP contribution in [-0.2, 0) is 9.59 Å². The highest BCUT2D eigenvalue weighted by atomic mass is 16.1. The van der Waals surface area contributed by atoms with E-state index >= 15 is 0 Å². The van der Waals surface area contributed by atoms with Crippen LogP contribution < -0.4 is 0 Å². The lowest BCUT2D eigenvalue weighted by Gasteiger charge is -2.01. The summed E-state index contributed by atoms with van der Waals surface area (Å²) in [6.07, 6.45) is 10.8. The van der Waals surface area contributed by atoms with Crippen molar-refractivity contribution in [2.45, 2.75) is 71.1 Å². The fourth-order valence-corrected chi connectivity index (χ4v) is 1.77. The smallest absolute Gasteiger partial charge is 0.155 e. The minimum absolute atomic E-state index is 0.107. The number of hydrogen-bond acceptors (Lipinski definition) is 2. The summed E-state index contributed by atoms with van der Waals surface area (Å²) < 4.78 is 0. The van der Waals surface area contributed by atoms with E-state index in [1.807, 2.05) is 0 Å². The number of ketones is 2. The molecule has 0 rings (SSSR count). The molecular formula is C15H26O2. The molecule has 2 heteroatoms. The summed E-state index contributed by atoms with van der Waals surface area (Å²) in [6, 6.07) is 0. The van der Waals surface area contributed by atoms with Crippen molar-refractivity contribution in [2.24, 2.45) is 0 Å². The van der Waals surface area contributed by atoms with E-state index in [9.17, 15) is 9.59 Å². The highest BCUT2D eigenvalue weighted by Crippen LogP contribution is 2.09. The number of allylic oxidation sites excluding steroid dienone is 1. The maximum Gasteiger partial charge on any atom is 0.155 e. The van der Waals surface area contributed by atoms with Crippen molar-refractivity contribution in [2.75, 3.05) is 0 Å². The van der Waals surface area contributed by atoms with Gasteiger partial charge in [-0.1, -0.05) is 39.2 Å². The van der Waals surface area contributed by atoms with Gasteiger partial charge in [-0.05, 0) is 25.3 Å². The molecule has 0 aromatic heterocycles. The number of rotatable bonds is 12. The highest BCUT2D eigenvalue weighted by molar-refractivity contribution is 5.88. The van der Waals surface area contributed by atoms with Crippen LogP contribution in [0, 0.1) is 0 Å². The first-order valence-corrected chi connectivity index (χ1v) is 6.87. The summed E-state index contributed by atoms with van der Waals surface area (Å²) in [5, 5.41) is 0. The topological polar surface area (TPSA) is 34.1 Å². The van der Waals surface area contributed by atoms with E-state index in [1.165, 1.54) is 25.3 Å². The van der Waals surface area contributed by atoms with Crippen LogP contribution in [0.5, 0.6) is 0 Å². The summed E-state index contributed by atoms with van der Waals surface area (Å²) in [6.45, 7) is 5.61. The van der Waals surface area contributed by atoms with Crippen LogP contribution >= 0.6 is 0 Å². The van der Waals surface area contributed by atoms with Crippen LogP contribution in [0.15, 0.2) is 12.7 Å². The number of carbonyl (C=O) groups is 2. The molecule has 17 heavy (non-hydrogen) atoms. The molecule has 0 spiro atoms. The van der Waals surface area contributed by atoms with Gasteiger partial charge in [-0.25, -0.2) is 0 Å². The molecule has 0 aromatic rings. The van der Waals surface area contributed by atoms with E-state index in [0.717, 1.165) is 32.1 Å². The van der Waals surface area contributed by atoms with Gasteiger partial charge in [-0.3, -0.25) is 9.59 Å². The lowest BCUT2D eigenvalue weighted by molar-refractivity contribution is -0.119. The van der Waals surface area contributed by atoms with E-state index in [1.54, 1.807) is 0 Å². The zero-order chi connectivity index (χ0) is 12.9. The van der Waals surface area contributed by atoms with Crippen molar-refractivity contribution in [3.05, 3.63) is 12.7 Å². The molecule has 2 nitrogen and oxygen atoms in total. The van der Waals surface area contributed by atoms with Gasteiger partial charge in [0.25, 0.3) is 0 Å². The van der Waals surface area contributed by atoms with E-state index in [0.29, 0.717) is 18.6 Å². The number of unbranched alkanes of at least 4 members (excludes halogenated alkanes) is 5. The van der Waals surface area contributed by atoms with E-state index in [4.69, 9.17) is 0 Å². The van der Waals surface area contributed by atoms with Crippen molar-refractivity contribution in [3.63, 3.8) is 0 Å². The summed E-state index contributed by atoms with van der Waals surface area (Å²) >= 11 is 0. The van der Waals surface area contributed by atoms with Crippen LogP contribution in [0.1, 0.15) is 71.1 Å². The van der Waals surface area contributed by atoms with Gasteiger partial charge in [0.2, 0.25) is 0 Å². The van der Waals surface area contributed by atoms with E-state index in [-0.39, 0.29) is 5.78 Å². The molecule has 0 saturated carbocycles. The second kappa shape index (κ2) is 11.6. The fourth-order valence-electron chi connectivity index (χ4n) is 1.77. The minimum Gasteiger partial charge on any atom is -0.300 e. The zero-order valence-electron chi connectivity index (χ0n) is 11.2. The van der Waals surface area contributed by atoms with Gasteiger partial charge in [0, 0.05) is 19.3 Å². The van der Waals surface area contributed by atoms with Crippen LogP contribution in [0.25, 0.3) is 0 Å². The Morgan fingerprint density at radius 1 is 0.882 bits per heavy atom. The molecule has 0 aromatic carbocycles. The molecule has 0 fully saturated rings. The molecule has 0 heterocycles. The van der Waals surface area contributed by atoms with Gasteiger partial charge in [0.05, 0.1) is 0 Å². The Bertz CT molecular complexity index is 231. The molecule has 0 radical (unpaired) electrons. The average Bonchev–Trinajstić information content (AvgIpc) is 2.34. The van der Waals surface area contributed by atoms with E-state index < -0.39 is 0 Å². The van der Waals surface area contributed by atoms with Gasteiger partial charge >= 0.3 is 0 Å². The Morgan fingerprint density at radius 3 is 1.94 bits per heavy atom. The lowest BCUT2D eigenvalue weighted by Crippen LogP contribution is -1.98. The number of carbonyl (C=O) groups excluding carboxylic acids is 2. The first-order chi connectivity index (χ1) is 8.20. The molecule has 0 unspecified atom stereocenters. The monoisotopic (exact) mass is 238 g/mol. The third-order valence-corrected chi connectivity index (χ3v) is 2.92. The molecule has 0 aliphatic carbocycles. The van der Waals surface area contributed by atoms with Crippen LogP contribution in [0.3, 0.4) is 0 Å². The van der Waals surface area contributed by atoms with Gasteiger partial charge in [-0.15, -0.1) is 0 Å². The number of hydrogen-bond donors (Lipinski definition) is 0. The van der Waals surface area contributed by atoms with E-state index in [2.05, 4.69) is 13.5 Å². The Morgan fingerprint density at radius 2 is 1.41 bits per heavy atom. The fraction of sp³-hybridized carbons (Fsp3) is 0.733. The second-order valence-electron chi connectivity index (χ2n) is 4.58. The zero-order valence-corrected chi connectivity index (χ0v) is 11.2. The number of Topliss-reactive ketones (excluding diaryl/α,β-unsaturated/α-hetero) is 1. The molecule has 0 bridgehead atoms. The van der Waals surface area contributed by atoms with Crippen molar-refractivity contribution in [1.29, 1.82) is 0 Å². The first-order valence-electron chi connectivity index (χ1n) is 6.87. The third-order valence-electron chi connectivity index (χ3n) is 2.92. The highest BCUT2D eigenvalue weighted by Gasteiger charge is 2.02. The van der Waals surface area contributed by atoms with Gasteiger partial charge in [-0.2, -0.15) is 0 Å². The van der Waals surface area contributed by atoms with Crippen molar-refractivity contribution < 1.29 is 9.59 Å². The van der Waals surface area contributed by atoms with Crippen molar-refractivity contribution >= 4 is 11.6 Å². The van der Waals surface area contributed by atoms with Crippen molar-refractivity contribution in [1.82, 2.24) is 0 Å². The maximum absolute atomic E-state index is 11.5. The molecule has 98 valence electrons. The molecular weight excluding hydrogens is 212 g/mol.